The summed E-state index contributed by atoms with van der Waals surface area (Å²) < 4.78 is 5.06. The van der Waals surface area contributed by atoms with E-state index in [-0.39, 0.29) is 12.5 Å². The zero-order valence-electron chi connectivity index (χ0n) is 16.7. The third-order valence-corrected chi connectivity index (χ3v) is 5.35. The molecule has 4 amide bonds. The van der Waals surface area contributed by atoms with Crippen LogP contribution in [0.2, 0.25) is 0 Å². The summed E-state index contributed by atoms with van der Waals surface area (Å²) in [6, 6.07) is 5.77. The van der Waals surface area contributed by atoms with Crippen LogP contribution in [0.3, 0.4) is 0 Å². The maximum atomic E-state index is 12.9. The number of rotatable bonds is 6. The van der Waals surface area contributed by atoms with Gasteiger partial charge in [0.1, 0.15) is 12.1 Å². The fraction of sp³-hybridized carbons (Fsp3) is 0.524. The number of nitrogens with one attached hydrogen (secondary N) is 2. The molecule has 8 nitrogen and oxygen atoms in total. The molecule has 29 heavy (non-hydrogen) atoms. The van der Waals surface area contributed by atoms with Crippen LogP contribution in [0.15, 0.2) is 24.3 Å². The van der Waals surface area contributed by atoms with E-state index in [2.05, 4.69) is 10.6 Å². The quantitative estimate of drug-likeness (QED) is 0.563. The molecule has 8 heteroatoms. The standard InChI is InChI=1S/C21H27N3O5/c1-2-13-29-18(26)15-7-9-16(10-8-15)22-17(25)14-24-19(27)21(23-20(24)28)11-5-3-4-6-12-21/h7-10H,2-6,11-14H2,1H3,(H,22,25)(H,23,28). The van der Waals surface area contributed by atoms with Crippen LogP contribution in [0.5, 0.6) is 0 Å². The van der Waals surface area contributed by atoms with E-state index in [0.717, 1.165) is 37.0 Å². The number of hydrogen-bond donors (Lipinski definition) is 2. The Labute approximate surface area is 170 Å². The van der Waals surface area contributed by atoms with E-state index in [4.69, 9.17) is 4.74 Å². The molecule has 3 rings (SSSR count). The first kappa shape index (κ1) is 20.8. The Hall–Kier alpha value is -2.90. The lowest BCUT2D eigenvalue weighted by molar-refractivity contribution is -0.134. The van der Waals surface area contributed by atoms with Gasteiger partial charge in [0.25, 0.3) is 5.91 Å². The molecule has 0 bridgehead atoms. The normalized spacial score (nSPS) is 18.3. The van der Waals surface area contributed by atoms with Crippen molar-refractivity contribution in [2.45, 2.75) is 57.4 Å². The first-order valence-electron chi connectivity index (χ1n) is 10.2. The Kier molecular flexibility index (Phi) is 6.51. The van der Waals surface area contributed by atoms with E-state index < -0.39 is 23.4 Å². The summed E-state index contributed by atoms with van der Waals surface area (Å²) in [5, 5.41) is 5.48. The second-order valence-electron chi connectivity index (χ2n) is 7.58. The predicted molar refractivity (Wildman–Crippen MR) is 106 cm³/mol. The van der Waals surface area contributed by atoms with Crippen molar-refractivity contribution in [1.29, 1.82) is 0 Å². The molecule has 2 fully saturated rings. The topological polar surface area (TPSA) is 105 Å². The highest BCUT2D eigenvalue weighted by Gasteiger charge is 2.51. The third kappa shape index (κ3) is 4.75. The fourth-order valence-corrected chi connectivity index (χ4v) is 3.80. The number of amides is 4. The smallest absolute Gasteiger partial charge is 0.338 e. The number of hydrogen-bond acceptors (Lipinski definition) is 5. The predicted octanol–water partition coefficient (Wildman–Crippen LogP) is 2.84. The molecule has 1 aromatic rings. The number of carbonyl (C=O) groups is 4. The van der Waals surface area contributed by atoms with E-state index in [0.29, 0.717) is 30.7 Å². The van der Waals surface area contributed by atoms with Crippen molar-refractivity contribution >= 4 is 29.5 Å². The summed E-state index contributed by atoms with van der Waals surface area (Å²) in [5.41, 5.74) is 0.00749. The van der Waals surface area contributed by atoms with Crippen LogP contribution in [0.1, 0.15) is 62.2 Å². The lowest BCUT2D eigenvalue weighted by Gasteiger charge is -2.24. The second kappa shape index (κ2) is 9.07. The zero-order chi connectivity index (χ0) is 20.9. The summed E-state index contributed by atoms with van der Waals surface area (Å²) in [7, 11) is 0. The van der Waals surface area contributed by atoms with Gasteiger partial charge in [0.15, 0.2) is 0 Å². The van der Waals surface area contributed by atoms with Crippen molar-refractivity contribution in [2.75, 3.05) is 18.5 Å². The first-order chi connectivity index (χ1) is 13.9. The Balaban J connectivity index is 1.58. The molecule has 1 aliphatic carbocycles. The molecular formula is C21H27N3O5. The number of benzene rings is 1. The SMILES string of the molecule is CCCOC(=O)c1ccc(NC(=O)CN2C(=O)NC3(CCCCCC3)C2=O)cc1. The Morgan fingerprint density at radius 1 is 1.10 bits per heavy atom. The van der Waals surface area contributed by atoms with E-state index in [9.17, 15) is 19.2 Å². The highest BCUT2D eigenvalue weighted by molar-refractivity contribution is 6.10. The molecule has 2 aliphatic rings. The van der Waals surface area contributed by atoms with Gasteiger partial charge in [-0.3, -0.25) is 14.5 Å². The summed E-state index contributed by atoms with van der Waals surface area (Å²) in [6.07, 6.45) is 5.85. The van der Waals surface area contributed by atoms with Crippen LogP contribution >= 0.6 is 0 Å². The summed E-state index contributed by atoms with van der Waals surface area (Å²) in [4.78, 5) is 50.4. The van der Waals surface area contributed by atoms with Gasteiger partial charge in [0.2, 0.25) is 5.91 Å². The molecule has 0 radical (unpaired) electrons. The average molecular weight is 401 g/mol. The lowest BCUT2D eigenvalue weighted by atomic mass is 9.90. The molecule has 1 saturated heterocycles. The minimum absolute atomic E-state index is 0.312. The Bertz CT molecular complexity index is 782. The van der Waals surface area contributed by atoms with Gasteiger partial charge in [-0.25, -0.2) is 9.59 Å². The number of anilines is 1. The molecule has 1 spiro atoms. The molecule has 1 aliphatic heterocycles. The maximum Gasteiger partial charge on any atom is 0.338 e. The average Bonchev–Trinajstić information content (AvgIpc) is 2.87. The van der Waals surface area contributed by atoms with Gasteiger partial charge in [-0.15, -0.1) is 0 Å². The minimum atomic E-state index is -0.853. The monoisotopic (exact) mass is 401 g/mol. The second-order valence-corrected chi connectivity index (χ2v) is 7.58. The molecule has 0 unspecified atom stereocenters. The van der Waals surface area contributed by atoms with Gasteiger partial charge >= 0.3 is 12.0 Å². The van der Waals surface area contributed by atoms with Crippen molar-refractivity contribution in [2.24, 2.45) is 0 Å². The lowest BCUT2D eigenvalue weighted by Crippen LogP contribution is -2.47. The molecule has 156 valence electrons. The molecule has 1 saturated carbocycles. The number of urea groups is 1. The van der Waals surface area contributed by atoms with Crippen LogP contribution in [0.4, 0.5) is 10.5 Å². The van der Waals surface area contributed by atoms with Crippen molar-refractivity contribution in [3.05, 3.63) is 29.8 Å². The molecule has 1 heterocycles. The van der Waals surface area contributed by atoms with Crippen molar-refractivity contribution in [3.63, 3.8) is 0 Å². The van der Waals surface area contributed by atoms with Gasteiger partial charge in [0, 0.05) is 5.69 Å². The van der Waals surface area contributed by atoms with Crippen LogP contribution in [0, 0.1) is 0 Å². The van der Waals surface area contributed by atoms with E-state index in [1.165, 1.54) is 0 Å². The largest absolute Gasteiger partial charge is 0.462 e. The highest BCUT2D eigenvalue weighted by atomic mass is 16.5. The highest BCUT2D eigenvalue weighted by Crippen LogP contribution is 2.32. The number of nitrogens with zero attached hydrogens (tertiary/aromatic N) is 1. The zero-order valence-corrected chi connectivity index (χ0v) is 16.7. The van der Waals surface area contributed by atoms with Crippen LogP contribution in [-0.2, 0) is 14.3 Å². The van der Waals surface area contributed by atoms with Crippen LogP contribution < -0.4 is 10.6 Å². The van der Waals surface area contributed by atoms with Gasteiger partial charge in [-0.2, -0.15) is 0 Å². The van der Waals surface area contributed by atoms with Gasteiger partial charge in [-0.1, -0.05) is 32.6 Å². The van der Waals surface area contributed by atoms with Crippen molar-refractivity contribution in [1.82, 2.24) is 10.2 Å². The van der Waals surface area contributed by atoms with Gasteiger partial charge in [-0.05, 0) is 43.5 Å². The maximum absolute atomic E-state index is 12.9. The van der Waals surface area contributed by atoms with E-state index in [1.807, 2.05) is 6.92 Å². The fourth-order valence-electron chi connectivity index (χ4n) is 3.80. The van der Waals surface area contributed by atoms with Gasteiger partial charge < -0.3 is 15.4 Å². The number of carbonyl (C=O) groups excluding carboxylic acids is 4. The summed E-state index contributed by atoms with van der Waals surface area (Å²) in [5.74, 6) is -1.20. The molecule has 2 N–H and O–H groups in total. The van der Waals surface area contributed by atoms with Crippen molar-refractivity contribution in [3.8, 4) is 0 Å². The molecule has 1 aromatic carbocycles. The number of ether oxygens (including phenoxy) is 1. The summed E-state index contributed by atoms with van der Waals surface area (Å²) >= 11 is 0. The number of esters is 1. The minimum Gasteiger partial charge on any atom is -0.462 e. The van der Waals surface area contributed by atoms with E-state index in [1.54, 1.807) is 24.3 Å². The summed E-state index contributed by atoms with van der Waals surface area (Å²) in [6.45, 7) is 1.92. The van der Waals surface area contributed by atoms with Crippen LogP contribution in [0.25, 0.3) is 0 Å². The van der Waals surface area contributed by atoms with Gasteiger partial charge in [0.05, 0.1) is 12.2 Å². The Morgan fingerprint density at radius 2 is 1.76 bits per heavy atom. The molecule has 0 atom stereocenters. The Morgan fingerprint density at radius 3 is 2.38 bits per heavy atom. The molecule has 0 aromatic heterocycles. The van der Waals surface area contributed by atoms with E-state index >= 15 is 0 Å². The number of imide groups is 1. The third-order valence-electron chi connectivity index (χ3n) is 5.35. The van der Waals surface area contributed by atoms with Crippen LogP contribution in [-0.4, -0.2) is 47.4 Å². The van der Waals surface area contributed by atoms with Crippen molar-refractivity contribution < 1.29 is 23.9 Å². The molecular weight excluding hydrogens is 374 g/mol. The first-order valence-corrected chi connectivity index (χ1v) is 10.2.